The Labute approximate surface area is 112 Å². The third-order valence-electron chi connectivity index (χ3n) is 4.10. The molecule has 0 saturated carbocycles. The van der Waals surface area contributed by atoms with E-state index in [-0.39, 0.29) is 5.76 Å². The van der Waals surface area contributed by atoms with Crippen molar-refractivity contribution in [3.63, 3.8) is 0 Å². The predicted molar refractivity (Wildman–Crippen MR) is 75.4 cm³/mol. The summed E-state index contributed by atoms with van der Waals surface area (Å²) < 4.78 is 6.77. The zero-order valence-corrected chi connectivity index (χ0v) is 11.3. The number of hydrogen-bond donors (Lipinski definition) is 1. The van der Waals surface area contributed by atoms with Crippen molar-refractivity contribution in [2.24, 2.45) is 13.0 Å². The van der Waals surface area contributed by atoms with Crippen LogP contribution in [-0.2, 0) is 13.5 Å². The first-order chi connectivity index (χ1) is 9.24. The van der Waals surface area contributed by atoms with Crippen molar-refractivity contribution in [3.8, 4) is 0 Å². The highest BCUT2D eigenvalue weighted by Gasteiger charge is 2.13. The number of benzene rings is 1. The zero-order chi connectivity index (χ0) is 13.2. The summed E-state index contributed by atoms with van der Waals surface area (Å²) >= 11 is 0. The molecule has 1 atom stereocenters. The number of aryl methyl sites for hydroxylation is 2. The van der Waals surface area contributed by atoms with E-state index in [1.807, 2.05) is 12.1 Å². The molecule has 1 aliphatic rings. The molecule has 1 aromatic heterocycles. The summed E-state index contributed by atoms with van der Waals surface area (Å²) in [7, 11) is 1.74. The van der Waals surface area contributed by atoms with Crippen LogP contribution in [0.1, 0.15) is 24.8 Å². The Balaban J connectivity index is 1.72. The number of fused-ring (bicyclic) bond motifs is 1. The Hall–Kier alpha value is -1.55. The Morgan fingerprint density at radius 2 is 2.37 bits per heavy atom. The summed E-state index contributed by atoms with van der Waals surface area (Å²) in [4.78, 5) is 11.4. The highest BCUT2D eigenvalue weighted by atomic mass is 16.4. The fourth-order valence-electron chi connectivity index (χ4n) is 2.87. The Morgan fingerprint density at radius 3 is 3.16 bits per heavy atom. The molecule has 0 spiro atoms. The third kappa shape index (κ3) is 2.59. The molecule has 4 heteroatoms. The molecule has 0 aliphatic carbocycles. The minimum absolute atomic E-state index is 0.288. The monoisotopic (exact) mass is 260 g/mol. The molecule has 3 rings (SSSR count). The predicted octanol–water partition coefficient (Wildman–Crippen LogP) is 2.06. The lowest BCUT2D eigenvalue weighted by Crippen LogP contribution is -2.29. The van der Waals surface area contributed by atoms with E-state index >= 15 is 0 Å². The van der Waals surface area contributed by atoms with Crippen molar-refractivity contribution in [2.75, 3.05) is 13.1 Å². The SMILES string of the molecule is Cn1c(=O)oc2cc(CCC3CCCNC3)ccc21. The third-order valence-corrected chi connectivity index (χ3v) is 4.10. The maximum Gasteiger partial charge on any atom is 0.419 e. The van der Waals surface area contributed by atoms with E-state index in [0.29, 0.717) is 5.58 Å². The van der Waals surface area contributed by atoms with E-state index in [9.17, 15) is 4.79 Å². The van der Waals surface area contributed by atoms with Gasteiger partial charge in [-0.15, -0.1) is 0 Å². The lowest BCUT2D eigenvalue weighted by Gasteiger charge is -2.22. The van der Waals surface area contributed by atoms with Crippen LogP contribution >= 0.6 is 0 Å². The molecule has 2 heterocycles. The van der Waals surface area contributed by atoms with E-state index in [1.165, 1.54) is 24.8 Å². The summed E-state index contributed by atoms with van der Waals surface area (Å²) in [5.74, 6) is 0.496. The number of aromatic nitrogens is 1. The summed E-state index contributed by atoms with van der Waals surface area (Å²) in [5, 5.41) is 3.45. The van der Waals surface area contributed by atoms with Gasteiger partial charge < -0.3 is 9.73 Å². The molecule has 4 nitrogen and oxygen atoms in total. The van der Waals surface area contributed by atoms with E-state index in [1.54, 1.807) is 11.6 Å². The normalized spacial score (nSPS) is 19.9. The number of rotatable bonds is 3. The Kier molecular flexibility index (Phi) is 3.42. The molecule has 1 aromatic carbocycles. The average molecular weight is 260 g/mol. The van der Waals surface area contributed by atoms with E-state index in [0.717, 1.165) is 30.9 Å². The minimum Gasteiger partial charge on any atom is -0.408 e. The number of nitrogens with one attached hydrogen (secondary N) is 1. The van der Waals surface area contributed by atoms with Gasteiger partial charge in [0, 0.05) is 7.05 Å². The molecule has 19 heavy (non-hydrogen) atoms. The van der Waals surface area contributed by atoms with Crippen molar-refractivity contribution in [3.05, 3.63) is 34.3 Å². The van der Waals surface area contributed by atoms with Crippen molar-refractivity contribution in [1.82, 2.24) is 9.88 Å². The smallest absolute Gasteiger partial charge is 0.408 e. The van der Waals surface area contributed by atoms with Gasteiger partial charge in [-0.2, -0.15) is 0 Å². The quantitative estimate of drug-likeness (QED) is 0.919. The van der Waals surface area contributed by atoms with Crippen molar-refractivity contribution < 1.29 is 4.42 Å². The Bertz CT molecular complexity index is 621. The first kappa shape index (κ1) is 12.5. The molecule has 0 bridgehead atoms. The number of piperidine rings is 1. The fourth-order valence-corrected chi connectivity index (χ4v) is 2.87. The maximum absolute atomic E-state index is 11.4. The molecule has 1 unspecified atom stereocenters. The zero-order valence-electron chi connectivity index (χ0n) is 11.3. The molecular weight excluding hydrogens is 240 g/mol. The molecule has 1 saturated heterocycles. The van der Waals surface area contributed by atoms with Crippen LogP contribution < -0.4 is 11.1 Å². The van der Waals surface area contributed by atoms with Crippen LogP contribution in [0.5, 0.6) is 0 Å². The number of nitrogens with zero attached hydrogens (tertiary/aromatic N) is 1. The topological polar surface area (TPSA) is 47.2 Å². The average Bonchev–Trinajstić information content (AvgIpc) is 2.73. The molecule has 0 amide bonds. The Morgan fingerprint density at radius 1 is 1.47 bits per heavy atom. The molecule has 0 radical (unpaired) electrons. The highest BCUT2D eigenvalue weighted by Crippen LogP contribution is 2.20. The van der Waals surface area contributed by atoms with Crippen LogP contribution in [0, 0.1) is 5.92 Å². The molecule has 1 N–H and O–H groups in total. The maximum atomic E-state index is 11.4. The van der Waals surface area contributed by atoms with Gasteiger partial charge in [0.2, 0.25) is 0 Å². The van der Waals surface area contributed by atoms with Gasteiger partial charge in [0.15, 0.2) is 5.58 Å². The molecule has 1 fully saturated rings. The van der Waals surface area contributed by atoms with Crippen LogP contribution in [0.15, 0.2) is 27.4 Å². The number of oxazole rings is 1. The van der Waals surface area contributed by atoms with Crippen LogP contribution in [0.4, 0.5) is 0 Å². The van der Waals surface area contributed by atoms with Gasteiger partial charge in [-0.25, -0.2) is 4.79 Å². The minimum atomic E-state index is -0.288. The van der Waals surface area contributed by atoms with Gasteiger partial charge in [0.1, 0.15) is 0 Å². The summed E-state index contributed by atoms with van der Waals surface area (Å²) in [6.07, 6.45) is 4.88. The largest absolute Gasteiger partial charge is 0.419 e. The van der Waals surface area contributed by atoms with Gasteiger partial charge in [0.25, 0.3) is 0 Å². The summed E-state index contributed by atoms with van der Waals surface area (Å²) in [5.41, 5.74) is 2.83. The molecule has 102 valence electrons. The van der Waals surface area contributed by atoms with E-state index in [2.05, 4.69) is 11.4 Å². The van der Waals surface area contributed by atoms with E-state index < -0.39 is 0 Å². The second-order valence-corrected chi connectivity index (χ2v) is 5.48. The second kappa shape index (κ2) is 5.21. The first-order valence-electron chi connectivity index (χ1n) is 7.03. The van der Waals surface area contributed by atoms with Crippen LogP contribution in [0.25, 0.3) is 11.1 Å². The van der Waals surface area contributed by atoms with Crippen LogP contribution in [-0.4, -0.2) is 17.7 Å². The summed E-state index contributed by atoms with van der Waals surface area (Å²) in [6.45, 7) is 2.31. The number of hydrogen-bond acceptors (Lipinski definition) is 3. The van der Waals surface area contributed by atoms with Crippen LogP contribution in [0.3, 0.4) is 0 Å². The second-order valence-electron chi connectivity index (χ2n) is 5.48. The fraction of sp³-hybridized carbons (Fsp3) is 0.533. The lowest BCUT2D eigenvalue weighted by atomic mass is 9.93. The van der Waals surface area contributed by atoms with Gasteiger partial charge in [-0.1, -0.05) is 6.07 Å². The molecule has 2 aromatic rings. The van der Waals surface area contributed by atoms with Gasteiger partial charge in [0.05, 0.1) is 5.52 Å². The van der Waals surface area contributed by atoms with Crippen LogP contribution in [0.2, 0.25) is 0 Å². The van der Waals surface area contributed by atoms with Gasteiger partial charge in [-0.05, 0) is 62.4 Å². The van der Waals surface area contributed by atoms with E-state index in [4.69, 9.17) is 4.42 Å². The molecular formula is C15H20N2O2. The standard InChI is InChI=1S/C15H20N2O2/c1-17-13-7-6-11(9-14(13)19-15(17)18)4-5-12-3-2-8-16-10-12/h6-7,9,12,16H,2-5,8,10H2,1H3. The van der Waals surface area contributed by atoms with Crippen molar-refractivity contribution in [2.45, 2.75) is 25.7 Å². The highest BCUT2D eigenvalue weighted by molar-refractivity contribution is 5.73. The van der Waals surface area contributed by atoms with Crippen molar-refractivity contribution >= 4 is 11.1 Å². The van der Waals surface area contributed by atoms with Gasteiger partial charge >= 0.3 is 5.76 Å². The van der Waals surface area contributed by atoms with Gasteiger partial charge in [-0.3, -0.25) is 4.57 Å². The molecule has 1 aliphatic heterocycles. The van der Waals surface area contributed by atoms with Crippen molar-refractivity contribution in [1.29, 1.82) is 0 Å². The lowest BCUT2D eigenvalue weighted by molar-refractivity contribution is 0.358. The summed E-state index contributed by atoms with van der Waals surface area (Å²) in [6, 6.07) is 6.09. The first-order valence-corrected chi connectivity index (χ1v) is 7.03.